The molecule has 2 fully saturated rings. The minimum Gasteiger partial charge on any atom is -0.342 e. The number of likely N-dealkylation sites (tertiary alicyclic amines) is 1. The van der Waals surface area contributed by atoms with E-state index in [0.29, 0.717) is 17.7 Å². The van der Waals surface area contributed by atoms with E-state index in [1.165, 1.54) is 12.8 Å². The molecule has 1 amide bonds. The predicted molar refractivity (Wildman–Crippen MR) is 69.5 cm³/mol. The summed E-state index contributed by atoms with van der Waals surface area (Å²) in [6, 6.07) is 0. The van der Waals surface area contributed by atoms with Crippen LogP contribution in [0.2, 0.25) is 0 Å². The Morgan fingerprint density at radius 2 is 2.00 bits per heavy atom. The first-order valence-electron chi connectivity index (χ1n) is 7.04. The van der Waals surface area contributed by atoms with Gasteiger partial charge in [0.1, 0.15) is 0 Å². The molecule has 0 spiro atoms. The van der Waals surface area contributed by atoms with Crippen LogP contribution in [0.25, 0.3) is 0 Å². The first-order valence-corrected chi connectivity index (χ1v) is 7.04. The highest BCUT2D eigenvalue weighted by Gasteiger charge is 2.36. The van der Waals surface area contributed by atoms with E-state index >= 15 is 0 Å². The molecule has 1 heterocycles. The van der Waals surface area contributed by atoms with E-state index in [9.17, 15) is 4.79 Å². The van der Waals surface area contributed by atoms with Crippen molar-refractivity contribution in [3.8, 4) is 0 Å². The summed E-state index contributed by atoms with van der Waals surface area (Å²) in [5, 5.41) is 0. The number of carbonyl (C=O) groups is 1. The second-order valence-corrected chi connectivity index (χ2v) is 6.35. The van der Waals surface area contributed by atoms with Gasteiger partial charge in [0.15, 0.2) is 0 Å². The van der Waals surface area contributed by atoms with Crippen LogP contribution in [0.3, 0.4) is 0 Å². The largest absolute Gasteiger partial charge is 0.342 e. The molecule has 2 rings (SSSR count). The minimum atomic E-state index is 0.262. The molecule has 1 saturated heterocycles. The molecule has 0 aromatic rings. The first-order chi connectivity index (χ1) is 8.06. The first kappa shape index (κ1) is 12.9. The van der Waals surface area contributed by atoms with Crippen LogP contribution < -0.4 is 5.73 Å². The van der Waals surface area contributed by atoms with E-state index in [2.05, 4.69) is 18.7 Å². The summed E-state index contributed by atoms with van der Waals surface area (Å²) in [6.07, 6.45) is 5.69. The maximum Gasteiger partial charge on any atom is 0.225 e. The fraction of sp³-hybridized carbons (Fsp3) is 0.929. The van der Waals surface area contributed by atoms with Gasteiger partial charge in [-0.25, -0.2) is 0 Å². The molecule has 2 N–H and O–H groups in total. The van der Waals surface area contributed by atoms with Crippen LogP contribution in [-0.4, -0.2) is 30.4 Å². The zero-order valence-electron chi connectivity index (χ0n) is 11.2. The van der Waals surface area contributed by atoms with Crippen molar-refractivity contribution in [2.24, 2.45) is 23.0 Å². The Hall–Kier alpha value is -0.570. The average molecular weight is 238 g/mol. The second-order valence-electron chi connectivity index (χ2n) is 6.35. The molecule has 2 aliphatic rings. The third kappa shape index (κ3) is 2.65. The summed E-state index contributed by atoms with van der Waals surface area (Å²) in [4.78, 5) is 14.5. The van der Waals surface area contributed by atoms with Crippen molar-refractivity contribution in [3.63, 3.8) is 0 Å². The smallest absolute Gasteiger partial charge is 0.225 e. The van der Waals surface area contributed by atoms with E-state index in [1.807, 2.05) is 0 Å². The van der Waals surface area contributed by atoms with E-state index < -0.39 is 0 Å². The van der Waals surface area contributed by atoms with Crippen LogP contribution in [0.1, 0.15) is 46.0 Å². The molecule has 2 atom stereocenters. The van der Waals surface area contributed by atoms with Crippen LogP contribution in [0.15, 0.2) is 0 Å². The van der Waals surface area contributed by atoms with Gasteiger partial charge in [-0.1, -0.05) is 20.3 Å². The van der Waals surface area contributed by atoms with Crippen molar-refractivity contribution in [1.29, 1.82) is 0 Å². The zero-order chi connectivity index (χ0) is 12.5. The van der Waals surface area contributed by atoms with Crippen LogP contribution in [-0.2, 0) is 4.79 Å². The highest BCUT2D eigenvalue weighted by molar-refractivity contribution is 5.79. The maximum atomic E-state index is 12.4. The van der Waals surface area contributed by atoms with Gasteiger partial charge in [-0.05, 0) is 43.6 Å². The summed E-state index contributed by atoms with van der Waals surface area (Å²) in [5.41, 5.74) is 6.06. The Labute approximate surface area is 105 Å². The molecule has 1 saturated carbocycles. The number of rotatable bonds is 2. The van der Waals surface area contributed by atoms with Gasteiger partial charge in [-0.2, -0.15) is 0 Å². The van der Waals surface area contributed by atoms with Crippen LogP contribution >= 0.6 is 0 Å². The number of nitrogens with two attached hydrogens (primary N) is 1. The molecule has 3 nitrogen and oxygen atoms in total. The molecule has 3 heteroatoms. The molecule has 98 valence electrons. The van der Waals surface area contributed by atoms with E-state index in [1.54, 1.807) is 0 Å². The summed E-state index contributed by atoms with van der Waals surface area (Å²) in [7, 11) is 0. The zero-order valence-corrected chi connectivity index (χ0v) is 11.2. The highest BCUT2D eigenvalue weighted by Crippen LogP contribution is 2.35. The fourth-order valence-corrected chi connectivity index (χ4v) is 3.22. The Morgan fingerprint density at radius 3 is 2.47 bits per heavy atom. The third-order valence-electron chi connectivity index (χ3n) is 4.95. The molecule has 0 aromatic heterocycles. The molecule has 0 aromatic carbocycles. The van der Waals surface area contributed by atoms with Gasteiger partial charge < -0.3 is 10.6 Å². The van der Waals surface area contributed by atoms with Crippen molar-refractivity contribution in [1.82, 2.24) is 4.90 Å². The number of hydrogen-bond acceptors (Lipinski definition) is 2. The van der Waals surface area contributed by atoms with Gasteiger partial charge in [0, 0.05) is 19.0 Å². The van der Waals surface area contributed by atoms with Gasteiger partial charge in [-0.3, -0.25) is 4.79 Å². The third-order valence-corrected chi connectivity index (χ3v) is 4.95. The van der Waals surface area contributed by atoms with Gasteiger partial charge in [0.05, 0.1) is 0 Å². The van der Waals surface area contributed by atoms with Crippen molar-refractivity contribution < 1.29 is 4.79 Å². The SMILES string of the molecule is CC1CCCC1C(=O)N1CCC(C)(CN)CC1. The van der Waals surface area contributed by atoms with Crippen molar-refractivity contribution in [2.75, 3.05) is 19.6 Å². The fourth-order valence-electron chi connectivity index (χ4n) is 3.22. The molecule has 17 heavy (non-hydrogen) atoms. The summed E-state index contributed by atoms with van der Waals surface area (Å²) >= 11 is 0. The average Bonchev–Trinajstić information content (AvgIpc) is 2.76. The van der Waals surface area contributed by atoms with Crippen LogP contribution in [0.5, 0.6) is 0 Å². The van der Waals surface area contributed by atoms with Gasteiger partial charge in [-0.15, -0.1) is 0 Å². The number of hydrogen-bond donors (Lipinski definition) is 1. The molecule has 0 bridgehead atoms. The second kappa shape index (κ2) is 4.97. The Bertz CT molecular complexity index is 282. The molecule has 1 aliphatic heterocycles. The lowest BCUT2D eigenvalue weighted by atomic mass is 9.80. The van der Waals surface area contributed by atoms with E-state index in [4.69, 9.17) is 5.73 Å². The molecule has 2 unspecified atom stereocenters. The molecule has 1 aliphatic carbocycles. The van der Waals surface area contributed by atoms with Crippen molar-refractivity contribution in [2.45, 2.75) is 46.0 Å². The summed E-state index contributed by atoms with van der Waals surface area (Å²) < 4.78 is 0. The summed E-state index contributed by atoms with van der Waals surface area (Å²) in [6.45, 7) is 7.04. The van der Waals surface area contributed by atoms with Crippen molar-refractivity contribution >= 4 is 5.91 Å². The molecular weight excluding hydrogens is 212 g/mol. The van der Waals surface area contributed by atoms with Crippen LogP contribution in [0.4, 0.5) is 0 Å². The standard InChI is InChI=1S/C14H26N2O/c1-11-4-3-5-12(11)13(17)16-8-6-14(2,10-15)7-9-16/h11-12H,3-10,15H2,1-2H3. The minimum absolute atomic E-state index is 0.262. The highest BCUT2D eigenvalue weighted by atomic mass is 16.2. The van der Waals surface area contributed by atoms with Crippen molar-refractivity contribution in [3.05, 3.63) is 0 Å². The van der Waals surface area contributed by atoms with Gasteiger partial charge in [0.25, 0.3) is 0 Å². The van der Waals surface area contributed by atoms with Gasteiger partial charge >= 0.3 is 0 Å². The number of piperidine rings is 1. The quantitative estimate of drug-likeness (QED) is 0.800. The number of nitrogens with zero attached hydrogens (tertiary/aromatic N) is 1. The topological polar surface area (TPSA) is 46.3 Å². The lowest BCUT2D eigenvalue weighted by Gasteiger charge is -2.40. The summed E-state index contributed by atoms with van der Waals surface area (Å²) in [5.74, 6) is 1.30. The number of carbonyl (C=O) groups excluding carboxylic acids is 1. The lowest BCUT2D eigenvalue weighted by Crippen LogP contribution is -2.47. The Kier molecular flexibility index (Phi) is 3.76. The lowest BCUT2D eigenvalue weighted by molar-refractivity contribution is -0.138. The Balaban J connectivity index is 1.90. The van der Waals surface area contributed by atoms with Gasteiger partial charge in [0.2, 0.25) is 5.91 Å². The monoisotopic (exact) mass is 238 g/mol. The van der Waals surface area contributed by atoms with Crippen LogP contribution in [0, 0.1) is 17.3 Å². The van der Waals surface area contributed by atoms with E-state index in [-0.39, 0.29) is 5.41 Å². The molecular formula is C14H26N2O. The maximum absolute atomic E-state index is 12.4. The molecule has 0 radical (unpaired) electrons. The van der Waals surface area contributed by atoms with E-state index in [0.717, 1.165) is 38.9 Å². The number of amides is 1. The predicted octanol–water partition coefficient (Wildman–Crippen LogP) is 2.01. The normalized spacial score (nSPS) is 32.8. The Morgan fingerprint density at radius 1 is 1.35 bits per heavy atom.